The second kappa shape index (κ2) is 4.60. The number of carboxylic acids is 1. The fraction of sp³-hybridized carbons (Fsp3) is 0.929. The first-order valence-corrected chi connectivity index (χ1v) is 7.14. The van der Waals surface area contributed by atoms with E-state index in [1.807, 2.05) is 0 Å². The van der Waals surface area contributed by atoms with Gasteiger partial charge in [0.05, 0.1) is 18.1 Å². The van der Waals surface area contributed by atoms with E-state index in [0.717, 1.165) is 6.42 Å². The van der Waals surface area contributed by atoms with E-state index in [0.29, 0.717) is 11.8 Å². The maximum absolute atomic E-state index is 11.3. The summed E-state index contributed by atoms with van der Waals surface area (Å²) in [6.45, 7) is 0. The van der Waals surface area contributed by atoms with Crippen LogP contribution in [0.25, 0.3) is 0 Å². The van der Waals surface area contributed by atoms with Crippen LogP contribution in [-0.2, 0) is 9.53 Å². The summed E-state index contributed by atoms with van der Waals surface area (Å²) >= 11 is 0. The Kier molecular flexibility index (Phi) is 3.12. The molecular formula is C14H22O3. The highest BCUT2D eigenvalue weighted by Gasteiger charge is 2.47. The highest BCUT2D eigenvalue weighted by Crippen LogP contribution is 2.44. The van der Waals surface area contributed by atoms with Crippen LogP contribution in [0.3, 0.4) is 0 Å². The summed E-state index contributed by atoms with van der Waals surface area (Å²) in [6, 6.07) is 0. The molecule has 3 heteroatoms. The van der Waals surface area contributed by atoms with E-state index in [2.05, 4.69) is 0 Å². The minimum Gasteiger partial charge on any atom is -0.481 e. The van der Waals surface area contributed by atoms with Gasteiger partial charge < -0.3 is 9.84 Å². The zero-order valence-electron chi connectivity index (χ0n) is 10.3. The lowest BCUT2D eigenvalue weighted by molar-refractivity contribution is -0.145. The molecule has 0 aromatic rings. The summed E-state index contributed by atoms with van der Waals surface area (Å²) in [4.78, 5) is 11.3. The lowest BCUT2D eigenvalue weighted by Gasteiger charge is -2.33. The molecule has 1 heterocycles. The molecule has 3 fully saturated rings. The van der Waals surface area contributed by atoms with Crippen molar-refractivity contribution in [2.75, 3.05) is 0 Å². The van der Waals surface area contributed by atoms with Gasteiger partial charge in [-0.1, -0.05) is 19.3 Å². The van der Waals surface area contributed by atoms with Crippen LogP contribution in [-0.4, -0.2) is 23.3 Å². The van der Waals surface area contributed by atoms with Crippen molar-refractivity contribution in [3.8, 4) is 0 Å². The summed E-state index contributed by atoms with van der Waals surface area (Å²) in [7, 11) is 0. The van der Waals surface area contributed by atoms with Crippen LogP contribution in [0, 0.1) is 17.8 Å². The van der Waals surface area contributed by atoms with Gasteiger partial charge in [-0.3, -0.25) is 4.79 Å². The molecule has 0 bridgehead atoms. The van der Waals surface area contributed by atoms with Crippen molar-refractivity contribution >= 4 is 5.97 Å². The van der Waals surface area contributed by atoms with Crippen molar-refractivity contribution in [3.63, 3.8) is 0 Å². The second-order valence-corrected chi connectivity index (χ2v) is 6.06. The molecule has 96 valence electrons. The molecule has 0 amide bonds. The van der Waals surface area contributed by atoms with Crippen molar-refractivity contribution in [3.05, 3.63) is 0 Å². The summed E-state index contributed by atoms with van der Waals surface area (Å²) in [6.07, 6.45) is 9.72. The molecule has 3 unspecified atom stereocenters. The average Bonchev–Trinajstić information content (AvgIpc) is 2.80. The van der Waals surface area contributed by atoms with E-state index < -0.39 is 5.97 Å². The number of rotatable bonds is 3. The average molecular weight is 238 g/mol. The van der Waals surface area contributed by atoms with Gasteiger partial charge in [0.2, 0.25) is 0 Å². The SMILES string of the molecule is O=C(O)C1CC(C2CCCC2)OC1C1CCC1. The molecule has 2 aliphatic carbocycles. The molecule has 2 saturated carbocycles. The van der Waals surface area contributed by atoms with Gasteiger partial charge in [0.25, 0.3) is 0 Å². The van der Waals surface area contributed by atoms with E-state index in [1.165, 1.54) is 44.9 Å². The maximum Gasteiger partial charge on any atom is 0.309 e. The third-order valence-corrected chi connectivity index (χ3v) is 5.07. The van der Waals surface area contributed by atoms with Crippen molar-refractivity contribution in [1.29, 1.82) is 0 Å². The van der Waals surface area contributed by atoms with Crippen molar-refractivity contribution in [2.45, 2.75) is 63.6 Å². The van der Waals surface area contributed by atoms with Gasteiger partial charge in [-0.05, 0) is 43.9 Å². The molecule has 1 saturated heterocycles. The molecule has 0 spiro atoms. The van der Waals surface area contributed by atoms with Crippen molar-refractivity contribution in [1.82, 2.24) is 0 Å². The lowest BCUT2D eigenvalue weighted by Crippen LogP contribution is -2.35. The van der Waals surface area contributed by atoms with Crippen molar-refractivity contribution < 1.29 is 14.6 Å². The minimum atomic E-state index is -0.637. The Bertz CT molecular complexity index is 292. The van der Waals surface area contributed by atoms with Crippen LogP contribution >= 0.6 is 0 Å². The Morgan fingerprint density at radius 2 is 1.65 bits per heavy atom. The molecule has 17 heavy (non-hydrogen) atoms. The highest BCUT2D eigenvalue weighted by molar-refractivity contribution is 5.71. The largest absolute Gasteiger partial charge is 0.481 e. The number of carboxylic acid groups (broad SMARTS) is 1. The first-order chi connectivity index (χ1) is 8.25. The Labute approximate surface area is 103 Å². The van der Waals surface area contributed by atoms with Crippen LogP contribution < -0.4 is 0 Å². The first-order valence-electron chi connectivity index (χ1n) is 7.14. The monoisotopic (exact) mass is 238 g/mol. The van der Waals surface area contributed by atoms with Gasteiger partial charge >= 0.3 is 5.97 Å². The van der Waals surface area contributed by atoms with Crippen LogP contribution in [0.2, 0.25) is 0 Å². The Morgan fingerprint density at radius 1 is 1.00 bits per heavy atom. The van der Waals surface area contributed by atoms with Crippen LogP contribution in [0.1, 0.15) is 51.4 Å². The molecular weight excluding hydrogens is 216 g/mol. The second-order valence-electron chi connectivity index (χ2n) is 6.06. The molecule has 0 aromatic carbocycles. The fourth-order valence-electron chi connectivity index (χ4n) is 3.82. The van der Waals surface area contributed by atoms with E-state index in [1.54, 1.807) is 0 Å². The number of aliphatic carboxylic acids is 1. The predicted octanol–water partition coefficient (Wildman–Crippen LogP) is 2.84. The standard InChI is InChI=1S/C14H22O3/c15-14(16)11-8-12(9-4-1-2-5-9)17-13(11)10-6-3-7-10/h9-13H,1-8H2,(H,15,16). The number of carbonyl (C=O) groups is 1. The number of hydrogen-bond acceptors (Lipinski definition) is 2. The first kappa shape index (κ1) is 11.5. The van der Waals surface area contributed by atoms with Crippen molar-refractivity contribution in [2.24, 2.45) is 17.8 Å². The fourth-order valence-corrected chi connectivity index (χ4v) is 3.82. The van der Waals surface area contributed by atoms with E-state index in [-0.39, 0.29) is 18.1 Å². The minimum absolute atomic E-state index is 0.0202. The molecule has 3 atom stereocenters. The van der Waals surface area contributed by atoms with Gasteiger partial charge in [-0.25, -0.2) is 0 Å². The van der Waals surface area contributed by atoms with Crippen LogP contribution in [0.15, 0.2) is 0 Å². The molecule has 3 rings (SSSR count). The number of ether oxygens (including phenoxy) is 1. The Hall–Kier alpha value is -0.570. The Morgan fingerprint density at radius 3 is 2.18 bits per heavy atom. The Balaban J connectivity index is 1.67. The third-order valence-electron chi connectivity index (χ3n) is 5.07. The van der Waals surface area contributed by atoms with Gasteiger partial charge in [0, 0.05) is 0 Å². The lowest BCUT2D eigenvalue weighted by atomic mass is 9.76. The normalized spacial score (nSPS) is 39.4. The molecule has 0 aromatic heterocycles. The van der Waals surface area contributed by atoms with E-state index in [9.17, 15) is 9.90 Å². The summed E-state index contributed by atoms with van der Waals surface area (Å²) in [5, 5.41) is 9.33. The number of hydrogen-bond donors (Lipinski definition) is 1. The summed E-state index contributed by atoms with van der Waals surface area (Å²) < 4.78 is 6.14. The maximum atomic E-state index is 11.3. The molecule has 0 radical (unpaired) electrons. The quantitative estimate of drug-likeness (QED) is 0.822. The van der Waals surface area contributed by atoms with E-state index in [4.69, 9.17) is 4.74 Å². The van der Waals surface area contributed by atoms with Gasteiger partial charge in [-0.2, -0.15) is 0 Å². The van der Waals surface area contributed by atoms with E-state index >= 15 is 0 Å². The molecule has 3 nitrogen and oxygen atoms in total. The van der Waals surface area contributed by atoms with Gasteiger partial charge in [0.15, 0.2) is 0 Å². The molecule has 3 aliphatic rings. The summed E-state index contributed by atoms with van der Waals surface area (Å²) in [5.74, 6) is 0.303. The van der Waals surface area contributed by atoms with Crippen LogP contribution in [0.4, 0.5) is 0 Å². The topological polar surface area (TPSA) is 46.5 Å². The van der Waals surface area contributed by atoms with Crippen LogP contribution in [0.5, 0.6) is 0 Å². The third kappa shape index (κ3) is 2.10. The zero-order chi connectivity index (χ0) is 11.8. The molecule has 1 N–H and O–H groups in total. The van der Waals surface area contributed by atoms with Gasteiger partial charge in [-0.15, -0.1) is 0 Å². The highest BCUT2D eigenvalue weighted by atomic mass is 16.5. The molecule has 1 aliphatic heterocycles. The zero-order valence-corrected chi connectivity index (χ0v) is 10.3. The van der Waals surface area contributed by atoms with Gasteiger partial charge in [0.1, 0.15) is 0 Å². The smallest absolute Gasteiger partial charge is 0.309 e. The summed E-state index contributed by atoms with van der Waals surface area (Å²) in [5.41, 5.74) is 0. The predicted molar refractivity (Wildman–Crippen MR) is 63.7 cm³/mol.